The molecular formula is C11H17FN4O. The normalized spacial score (nSPS) is 11.2. The fraction of sp³-hybridized carbons (Fsp3) is 0.364. The number of hydrazine groups is 1. The van der Waals surface area contributed by atoms with Gasteiger partial charge in [-0.2, -0.15) is 0 Å². The molecule has 0 heterocycles. The molecule has 5 nitrogen and oxygen atoms in total. The van der Waals surface area contributed by atoms with Crippen molar-refractivity contribution in [3.63, 3.8) is 0 Å². The van der Waals surface area contributed by atoms with E-state index >= 15 is 0 Å². The Labute approximate surface area is 99.8 Å². The molecule has 0 bridgehead atoms. The highest BCUT2D eigenvalue weighted by Gasteiger charge is 2.04. The van der Waals surface area contributed by atoms with E-state index in [1.54, 1.807) is 6.07 Å². The second kappa shape index (κ2) is 6.70. The van der Waals surface area contributed by atoms with Crippen LogP contribution in [0.1, 0.15) is 13.3 Å². The van der Waals surface area contributed by atoms with Gasteiger partial charge in [0.2, 0.25) is 5.96 Å². The first-order valence-electron chi connectivity index (χ1n) is 5.33. The fourth-order valence-corrected chi connectivity index (χ4v) is 1.22. The average Bonchev–Trinajstić information content (AvgIpc) is 2.36. The smallest absolute Gasteiger partial charge is 0.210 e. The molecule has 94 valence electrons. The Morgan fingerprint density at radius 1 is 1.53 bits per heavy atom. The molecule has 1 aromatic rings. The number of nitrogens with zero attached hydrogens (tertiary/aromatic N) is 1. The second-order valence-electron chi connectivity index (χ2n) is 3.35. The standard InChI is InChI=1S/C11H17FN4O/c1-3-6-14-11(16-13)15-8-4-5-9(12)10(7-8)17-2/h4-5,7H,3,6,13H2,1-2H3,(H2,14,15,16). The summed E-state index contributed by atoms with van der Waals surface area (Å²) in [5.41, 5.74) is 3.09. The van der Waals surface area contributed by atoms with E-state index < -0.39 is 5.82 Å². The van der Waals surface area contributed by atoms with Crippen molar-refractivity contribution in [2.75, 3.05) is 19.0 Å². The summed E-state index contributed by atoms with van der Waals surface area (Å²) < 4.78 is 18.0. The van der Waals surface area contributed by atoms with Crippen molar-refractivity contribution < 1.29 is 9.13 Å². The minimum absolute atomic E-state index is 0.168. The topological polar surface area (TPSA) is 71.7 Å². The van der Waals surface area contributed by atoms with Crippen LogP contribution in [0.5, 0.6) is 5.75 Å². The van der Waals surface area contributed by atoms with Crippen LogP contribution in [0.2, 0.25) is 0 Å². The molecule has 0 spiro atoms. The first-order chi connectivity index (χ1) is 8.21. The minimum Gasteiger partial charge on any atom is -0.494 e. The lowest BCUT2D eigenvalue weighted by Crippen LogP contribution is -2.36. The van der Waals surface area contributed by atoms with Crippen LogP contribution >= 0.6 is 0 Å². The van der Waals surface area contributed by atoms with Crippen molar-refractivity contribution in [3.8, 4) is 5.75 Å². The number of nitrogens with two attached hydrogens (primary N) is 1. The van der Waals surface area contributed by atoms with E-state index in [0.29, 0.717) is 18.2 Å². The van der Waals surface area contributed by atoms with Crippen LogP contribution in [0.15, 0.2) is 23.2 Å². The van der Waals surface area contributed by atoms with Crippen molar-refractivity contribution in [1.82, 2.24) is 5.43 Å². The van der Waals surface area contributed by atoms with Crippen molar-refractivity contribution in [3.05, 3.63) is 24.0 Å². The van der Waals surface area contributed by atoms with Crippen LogP contribution in [0.3, 0.4) is 0 Å². The average molecular weight is 240 g/mol. The number of benzene rings is 1. The molecular weight excluding hydrogens is 223 g/mol. The maximum atomic E-state index is 13.2. The maximum absolute atomic E-state index is 13.2. The van der Waals surface area contributed by atoms with Gasteiger partial charge in [-0.1, -0.05) is 6.92 Å². The van der Waals surface area contributed by atoms with Gasteiger partial charge in [0.1, 0.15) is 0 Å². The largest absolute Gasteiger partial charge is 0.494 e. The van der Waals surface area contributed by atoms with E-state index in [4.69, 9.17) is 10.6 Å². The summed E-state index contributed by atoms with van der Waals surface area (Å²) in [6, 6.07) is 4.43. The maximum Gasteiger partial charge on any atom is 0.210 e. The van der Waals surface area contributed by atoms with E-state index in [9.17, 15) is 4.39 Å². The van der Waals surface area contributed by atoms with Crippen LogP contribution in [-0.4, -0.2) is 19.6 Å². The SMILES string of the molecule is CCCN=C(NN)Nc1ccc(F)c(OC)c1. The second-order valence-corrected chi connectivity index (χ2v) is 3.35. The summed E-state index contributed by atoms with van der Waals surface area (Å²) in [6.07, 6.45) is 0.916. The Kier molecular flexibility index (Phi) is 5.22. The Morgan fingerprint density at radius 2 is 2.29 bits per heavy atom. The molecule has 4 N–H and O–H groups in total. The molecule has 0 aliphatic rings. The predicted octanol–water partition coefficient (Wildman–Crippen LogP) is 1.48. The van der Waals surface area contributed by atoms with Gasteiger partial charge in [0.15, 0.2) is 11.6 Å². The number of hydrogen-bond acceptors (Lipinski definition) is 3. The number of aliphatic imine (C=N–C) groups is 1. The van der Waals surface area contributed by atoms with E-state index in [0.717, 1.165) is 6.42 Å². The summed E-state index contributed by atoms with van der Waals surface area (Å²) in [4.78, 5) is 4.17. The molecule has 0 saturated carbocycles. The Hall–Kier alpha value is -1.82. The van der Waals surface area contributed by atoms with Gasteiger partial charge in [0, 0.05) is 18.3 Å². The summed E-state index contributed by atoms with van der Waals surface area (Å²) in [5.74, 6) is 5.50. The molecule has 0 unspecified atom stereocenters. The van der Waals surface area contributed by atoms with Gasteiger partial charge in [-0.05, 0) is 18.6 Å². The van der Waals surface area contributed by atoms with Gasteiger partial charge in [-0.15, -0.1) is 0 Å². The molecule has 6 heteroatoms. The highest BCUT2D eigenvalue weighted by molar-refractivity contribution is 5.93. The van der Waals surface area contributed by atoms with Gasteiger partial charge in [0.25, 0.3) is 0 Å². The molecule has 17 heavy (non-hydrogen) atoms. The number of methoxy groups -OCH3 is 1. The zero-order chi connectivity index (χ0) is 12.7. The third-order valence-electron chi connectivity index (χ3n) is 2.04. The molecule has 0 aromatic heterocycles. The van der Waals surface area contributed by atoms with Crippen LogP contribution in [0.4, 0.5) is 10.1 Å². The molecule has 0 atom stereocenters. The number of nitrogens with one attached hydrogen (secondary N) is 2. The molecule has 0 saturated heterocycles. The Bertz CT molecular complexity index is 395. The molecule has 1 rings (SSSR count). The molecule has 0 fully saturated rings. The number of anilines is 1. The summed E-state index contributed by atoms with van der Waals surface area (Å²) in [7, 11) is 1.41. The van der Waals surface area contributed by atoms with Crippen molar-refractivity contribution in [1.29, 1.82) is 0 Å². The monoisotopic (exact) mass is 240 g/mol. The summed E-state index contributed by atoms with van der Waals surface area (Å²) in [6.45, 7) is 2.67. The molecule has 0 amide bonds. The van der Waals surface area contributed by atoms with Crippen LogP contribution in [0.25, 0.3) is 0 Å². The van der Waals surface area contributed by atoms with Crippen LogP contribution < -0.4 is 21.3 Å². The minimum atomic E-state index is -0.411. The number of rotatable bonds is 4. The lowest BCUT2D eigenvalue weighted by Gasteiger charge is -2.10. The number of halogens is 1. The van der Waals surface area contributed by atoms with Gasteiger partial charge in [-0.3, -0.25) is 10.4 Å². The molecule has 0 aliphatic carbocycles. The van der Waals surface area contributed by atoms with Crippen molar-refractivity contribution in [2.45, 2.75) is 13.3 Å². The first kappa shape index (κ1) is 13.2. The van der Waals surface area contributed by atoms with Crippen molar-refractivity contribution >= 4 is 11.6 Å². The highest BCUT2D eigenvalue weighted by atomic mass is 19.1. The van der Waals surface area contributed by atoms with Crippen LogP contribution in [-0.2, 0) is 0 Å². The lowest BCUT2D eigenvalue weighted by molar-refractivity contribution is 0.387. The molecule has 0 radical (unpaired) electrons. The lowest BCUT2D eigenvalue weighted by atomic mass is 10.3. The van der Waals surface area contributed by atoms with E-state index in [1.165, 1.54) is 19.2 Å². The molecule has 1 aromatic carbocycles. The predicted molar refractivity (Wildman–Crippen MR) is 66.5 cm³/mol. The number of ether oxygens (including phenoxy) is 1. The van der Waals surface area contributed by atoms with E-state index in [1.807, 2.05) is 6.92 Å². The van der Waals surface area contributed by atoms with Gasteiger partial charge in [0.05, 0.1) is 7.11 Å². The van der Waals surface area contributed by atoms with Gasteiger partial charge in [-0.25, -0.2) is 10.2 Å². The third kappa shape index (κ3) is 3.92. The van der Waals surface area contributed by atoms with Crippen molar-refractivity contribution in [2.24, 2.45) is 10.8 Å². The fourth-order valence-electron chi connectivity index (χ4n) is 1.22. The number of guanidine groups is 1. The summed E-state index contributed by atoms with van der Waals surface area (Å²) >= 11 is 0. The van der Waals surface area contributed by atoms with Gasteiger partial charge < -0.3 is 10.1 Å². The Morgan fingerprint density at radius 3 is 2.88 bits per heavy atom. The van der Waals surface area contributed by atoms with Gasteiger partial charge >= 0.3 is 0 Å². The Balaban J connectivity index is 2.79. The molecule has 0 aliphatic heterocycles. The third-order valence-corrected chi connectivity index (χ3v) is 2.04. The highest BCUT2D eigenvalue weighted by Crippen LogP contribution is 2.21. The number of hydrogen-bond donors (Lipinski definition) is 3. The zero-order valence-electron chi connectivity index (χ0n) is 9.96. The summed E-state index contributed by atoms with van der Waals surface area (Å²) in [5, 5.41) is 2.93. The first-order valence-corrected chi connectivity index (χ1v) is 5.33. The zero-order valence-corrected chi connectivity index (χ0v) is 9.96. The quantitative estimate of drug-likeness (QED) is 0.322. The van der Waals surface area contributed by atoms with E-state index in [2.05, 4.69) is 15.7 Å². The van der Waals surface area contributed by atoms with Crippen LogP contribution in [0, 0.1) is 5.82 Å². The van der Waals surface area contributed by atoms with E-state index in [-0.39, 0.29) is 5.75 Å².